The molecule has 2 aliphatic rings. The zero-order valence-electron chi connectivity index (χ0n) is 14.7. The zero-order chi connectivity index (χ0) is 17.2. The second-order valence-corrected chi connectivity index (χ2v) is 7.09. The van der Waals surface area contributed by atoms with Crippen molar-refractivity contribution < 1.29 is 9.53 Å². The topological polar surface area (TPSA) is 58.2 Å². The van der Waals surface area contributed by atoms with Crippen molar-refractivity contribution in [1.29, 1.82) is 0 Å². The molecule has 2 saturated heterocycles. The summed E-state index contributed by atoms with van der Waals surface area (Å²) in [6.45, 7) is 3.58. The Hall–Kier alpha value is -2.14. The Labute approximate surface area is 148 Å². The number of likely N-dealkylation sites (tertiary alicyclic amines) is 1. The number of carbonyl (C=O) groups excluding carboxylic acids is 1. The molecule has 1 N–H and O–H groups in total. The third kappa shape index (κ3) is 3.33. The molecule has 2 atom stereocenters. The normalized spacial score (nSPS) is 23.8. The van der Waals surface area contributed by atoms with Crippen LogP contribution < -0.4 is 0 Å². The average molecular weight is 339 g/mol. The molecule has 2 fully saturated rings. The van der Waals surface area contributed by atoms with Gasteiger partial charge >= 0.3 is 0 Å². The smallest absolute Gasteiger partial charge is 0.252 e. The van der Waals surface area contributed by atoms with Crippen LogP contribution in [0.2, 0.25) is 0 Å². The molecule has 5 nitrogen and oxygen atoms in total. The van der Waals surface area contributed by atoms with Crippen LogP contribution in [0.1, 0.15) is 49.5 Å². The van der Waals surface area contributed by atoms with E-state index >= 15 is 0 Å². The second-order valence-electron chi connectivity index (χ2n) is 7.09. The maximum atomic E-state index is 12.9. The summed E-state index contributed by atoms with van der Waals surface area (Å²) >= 11 is 0. The highest BCUT2D eigenvalue weighted by Gasteiger charge is 2.35. The molecule has 2 aromatic rings. The molecular weight excluding hydrogens is 314 g/mol. The molecule has 0 spiro atoms. The third-order valence-corrected chi connectivity index (χ3v) is 5.26. The molecule has 0 aliphatic carbocycles. The molecule has 132 valence electrons. The van der Waals surface area contributed by atoms with Gasteiger partial charge in [-0.2, -0.15) is 0 Å². The number of aromatic nitrogens is 2. The highest BCUT2D eigenvalue weighted by Crippen LogP contribution is 2.32. The van der Waals surface area contributed by atoms with E-state index in [4.69, 9.17) is 4.74 Å². The lowest BCUT2D eigenvalue weighted by Gasteiger charge is -2.35. The van der Waals surface area contributed by atoms with Crippen molar-refractivity contribution in [1.82, 2.24) is 14.9 Å². The summed E-state index contributed by atoms with van der Waals surface area (Å²) in [4.78, 5) is 22.9. The van der Waals surface area contributed by atoms with Crippen LogP contribution >= 0.6 is 0 Å². The van der Waals surface area contributed by atoms with Gasteiger partial charge in [0.15, 0.2) is 0 Å². The largest absolute Gasteiger partial charge is 0.368 e. The number of aryl methyl sites for hydroxylation is 1. The molecule has 0 bridgehead atoms. The SMILES string of the molecule is Cc1ccc(-c2cnc([C@@H]3CCCCN3C(=O)[C@H]3CCCO3)[nH]2)cc1. The van der Waals surface area contributed by atoms with E-state index in [0.29, 0.717) is 6.61 Å². The number of benzene rings is 1. The first-order chi connectivity index (χ1) is 12.2. The number of hydrogen-bond donors (Lipinski definition) is 1. The number of piperidine rings is 1. The molecule has 1 amide bonds. The molecule has 0 radical (unpaired) electrons. The minimum atomic E-state index is -0.257. The molecule has 3 heterocycles. The van der Waals surface area contributed by atoms with Crippen LogP contribution in [0.25, 0.3) is 11.3 Å². The van der Waals surface area contributed by atoms with Crippen molar-refractivity contribution in [2.75, 3.05) is 13.2 Å². The van der Waals surface area contributed by atoms with Crippen molar-refractivity contribution in [3.63, 3.8) is 0 Å². The van der Waals surface area contributed by atoms with Gasteiger partial charge in [0, 0.05) is 13.2 Å². The van der Waals surface area contributed by atoms with E-state index < -0.39 is 0 Å². The average Bonchev–Trinajstić information content (AvgIpc) is 3.34. The monoisotopic (exact) mass is 339 g/mol. The maximum absolute atomic E-state index is 12.9. The number of nitrogens with one attached hydrogen (secondary N) is 1. The molecule has 2 aliphatic heterocycles. The predicted octanol–water partition coefficient (Wildman–Crippen LogP) is 3.62. The molecule has 1 aromatic carbocycles. The van der Waals surface area contributed by atoms with Crippen molar-refractivity contribution in [3.8, 4) is 11.3 Å². The predicted molar refractivity (Wildman–Crippen MR) is 96.0 cm³/mol. The number of rotatable bonds is 3. The molecule has 0 unspecified atom stereocenters. The van der Waals surface area contributed by atoms with Gasteiger partial charge in [-0.1, -0.05) is 29.8 Å². The first-order valence-electron chi connectivity index (χ1n) is 9.26. The van der Waals surface area contributed by atoms with Gasteiger partial charge in [-0.05, 0) is 44.6 Å². The fourth-order valence-electron chi connectivity index (χ4n) is 3.82. The lowest BCUT2D eigenvalue weighted by atomic mass is 10.0. The summed E-state index contributed by atoms with van der Waals surface area (Å²) in [7, 11) is 0. The van der Waals surface area contributed by atoms with Gasteiger partial charge in [-0.15, -0.1) is 0 Å². The number of aromatic amines is 1. The molecular formula is C20H25N3O2. The Balaban J connectivity index is 1.56. The van der Waals surface area contributed by atoms with Gasteiger partial charge < -0.3 is 14.6 Å². The van der Waals surface area contributed by atoms with Gasteiger partial charge in [0.1, 0.15) is 11.9 Å². The summed E-state index contributed by atoms with van der Waals surface area (Å²) in [6, 6.07) is 8.43. The number of nitrogens with zero attached hydrogens (tertiary/aromatic N) is 2. The van der Waals surface area contributed by atoms with E-state index in [9.17, 15) is 4.79 Å². The third-order valence-electron chi connectivity index (χ3n) is 5.26. The molecule has 1 aromatic heterocycles. The van der Waals surface area contributed by atoms with E-state index in [1.165, 1.54) is 5.56 Å². The Kier molecular flexibility index (Phi) is 4.57. The van der Waals surface area contributed by atoms with E-state index in [1.54, 1.807) is 0 Å². The highest BCUT2D eigenvalue weighted by atomic mass is 16.5. The molecule has 0 saturated carbocycles. The van der Waals surface area contributed by atoms with Crippen LogP contribution in [0.3, 0.4) is 0 Å². The minimum Gasteiger partial charge on any atom is -0.368 e. The van der Waals surface area contributed by atoms with E-state index in [2.05, 4.69) is 41.2 Å². The highest BCUT2D eigenvalue weighted by molar-refractivity contribution is 5.81. The number of carbonyl (C=O) groups is 1. The van der Waals surface area contributed by atoms with Crippen molar-refractivity contribution in [2.24, 2.45) is 0 Å². The molecule has 4 rings (SSSR count). The Morgan fingerprint density at radius 2 is 2.04 bits per heavy atom. The van der Waals surface area contributed by atoms with Crippen LogP contribution in [-0.4, -0.2) is 40.0 Å². The fourth-order valence-corrected chi connectivity index (χ4v) is 3.82. The lowest BCUT2D eigenvalue weighted by molar-refractivity contribution is -0.145. The Bertz CT molecular complexity index is 732. The first kappa shape index (κ1) is 16.3. The van der Waals surface area contributed by atoms with Crippen molar-refractivity contribution in [3.05, 3.63) is 41.9 Å². The standard InChI is InChI=1S/C20H25N3O2/c1-14-7-9-15(10-8-14)16-13-21-19(22-16)17-5-2-3-11-23(17)20(24)18-6-4-12-25-18/h7-10,13,17-18H,2-6,11-12H2,1H3,(H,21,22)/t17-,18+/m0/s1. The van der Waals surface area contributed by atoms with Gasteiger partial charge in [0.25, 0.3) is 5.91 Å². The summed E-state index contributed by atoms with van der Waals surface area (Å²) in [6.07, 6.45) is 6.58. The van der Waals surface area contributed by atoms with Crippen LogP contribution in [0.4, 0.5) is 0 Å². The van der Waals surface area contributed by atoms with Crippen molar-refractivity contribution >= 4 is 5.91 Å². The lowest BCUT2D eigenvalue weighted by Crippen LogP contribution is -2.44. The van der Waals surface area contributed by atoms with Crippen LogP contribution in [0.15, 0.2) is 30.5 Å². The van der Waals surface area contributed by atoms with E-state index in [0.717, 1.165) is 55.7 Å². The Morgan fingerprint density at radius 3 is 2.80 bits per heavy atom. The fraction of sp³-hybridized carbons (Fsp3) is 0.500. The number of H-pyrrole nitrogens is 1. The molecule has 5 heteroatoms. The number of ether oxygens (including phenoxy) is 1. The summed E-state index contributed by atoms with van der Waals surface area (Å²) < 4.78 is 5.62. The quantitative estimate of drug-likeness (QED) is 0.929. The summed E-state index contributed by atoms with van der Waals surface area (Å²) in [5.41, 5.74) is 3.37. The van der Waals surface area contributed by atoms with Gasteiger partial charge in [-0.25, -0.2) is 4.98 Å². The zero-order valence-corrected chi connectivity index (χ0v) is 14.7. The van der Waals surface area contributed by atoms with Gasteiger partial charge in [0.2, 0.25) is 0 Å². The van der Waals surface area contributed by atoms with E-state index in [1.807, 2.05) is 11.1 Å². The van der Waals surface area contributed by atoms with Gasteiger partial charge in [0.05, 0.1) is 17.9 Å². The van der Waals surface area contributed by atoms with Crippen LogP contribution in [-0.2, 0) is 9.53 Å². The Morgan fingerprint density at radius 1 is 1.20 bits per heavy atom. The van der Waals surface area contributed by atoms with Crippen molar-refractivity contribution in [2.45, 2.75) is 51.2 Å². The summed E-state index contributed by atoms with van der Waals surface area (Å²) in [5.74, 6) is 1.03. The number of amides is 1. The molecule has 25 heavy (non-hydrogen) atoms. The van der Waals surface area contributed by atoms with E-state index in [-0.39, 0.29) is 18.1 Å². The number of imidazole rings is 1. The maximum Gasteiger partial charge on any atom is 0.252 e. The number of hydrogen-bond acceptors (Lipinski definition) is 3. The van der Waals surface area contributed by atoms with Gasteiger partial charge in [-0.3, -0.25) is 4.79 Å². The minimum absolute atomic E-state index is 0.0321. The van der Waals surface area contributed by atoms with Crippen LogP contribution in [0, 0.1) is 6.92 Å². The summed E-state index contributed by atoms with van der Waals surface area (Å²) in [5, 5.41) is 0. The first-order valence-corrected chi connectivity index (χ1v) is 9.26. The van der Waals surface area contributed by atoms with Crippen LogP contribution in [0.5, 0.6) is 0 Å². The second kappa shape index (κ2) is 7.00.